The van der Waals surface area contributed by atoms with Gasteiger partial charge in [-0.25, -0.2) is 4.98 Å². The highest BCUT2D eigenvalue weighted by Gasteiger charge is 2.06. The molecule has 1 unspecified atom stereocenters. The lowest BCUT2D eigenvalue weighted by molar-refractivity contribution is 0.637. The van der Waals surface area contributed by atoms with Crippen LogP contribution in [0.4, 0.5) is 5.69 Å². The SMILES string of the molecule is CCC(C)CSc1nc2ccc(N)cc2s1. The summed E-state index contributed by atoms with van der Waals surface area (Å²) in [5.41, 5.74) is 7.62. The highest BCUT2D eigenvalue weighted by Crippen LogP contribution is 2.31. The molecule has 1 atom stereocenters. The molecule has 1 aromatic carbocycles. The van der Waals surface area contributed by atoms with E-state index in [1.807, 2.05) is 30.0 Å². The molecule has 1 aromatic heterocycles. The zero-order valence-corrected chi connectivity index (χ0v) is 11.2. The van der Waals surface area contributed by atoms with Gasteiger partial charge in [0.2, 0.25) is 0 Å². The Balaban J connectivity index is 2.13. The molecule has 0 saturated heterocycles. The van der Waals surface area contributed by atoms with Crippen molar-refractivity contribution in [2.24, 2.45) is 5.92 Å². The van der Waals surface area contributed by atoms with Gasteiger partial charge in [-0.15, -0.1) is 11.3 Å². The summed E-state index contributed by atoms with van der Waals surface area (Å²) in [5, 5.41) is 0. The lowest BCUT2D eigenvalue weighted by Crippen LogP contribution is -1.94. The van der Waals surface area contributed by atoms with Gasteiger partial charge < -0.3 is 5.73 Å². The number of fused-ring (bicyclic) bond motifs is 1. The maximum Gasteiger partial charge on any atom is 0.151 e. The standard InChI is InChI=1S/C12H16N2S2/c1-3-8(2)7-15-12-14-10-5-4-9(13)6-11(10)16-12/h4-6,8H,3,7,13H2,1-2H3. The van der Waals surface area contributed by atoms with Gasteiger partial charge in [0.1, 0.15) is 0 Å². The fourth-order valence-corrected chi connectivity index (χ4v) is 3.59. The first-order chi connectivity index (χ1) is 7.69. The van der Waals surface area contributed by atoms with E-state index >= 15 is 0 Å². The molecule has 2 N–H and O–H groups in total. The molecule has 0 fully saturated rings. The molecule has 2 nitrogen and oxygen atoms in total. The van der Waals surface area contributed by atoms with Gasteiger partial charge in [0.25, 0.3) is 0 Å². The summed E-state index contributed by atoms with van der Waals surface area (Å²) >= 11 is 3.59. The first kappa shape index (κ1) is 11.7. The molecule has 0 aliphatic rings. The van der Waals surface area contributed by atoms with Crippen LogP contribution in [0.2, 0.25) is 0 Å². The molecule has 86 valence electrons. The molecule has 0 aliphatic heterocycles. The fourth-order valence-electron chi connectivity index (χ4n) is 1.31. The van der Waals surface area contributed by atoms with E-state index in [9.17, 15) is 0 Å². The number of rotatable bonds is 4. The first-order valence-electron chi connectivity index (χ1n) is 5.48. The van der Waals surface area contributed by atoms with Crippen molar-refractivity contribution in [2.45, 2.75) is 24.6 Å². The highest BCUT2D eigenvalue weighted by atomic mass is 32.2. The van der Waals surface area contributed by atoms with Crippen LogP contribution in [0.25, 0.3) is 10.2 Å². The van der Waals surface area contributed by atoms with E-state index in [2.05, 4.69) is 18.8 Å². The summed E-state index contributed by atoms with van der Waals surface area (Å²) in [6.07, 6.45) is 1.23. The second kappa shape index (κ2) is 5.06. The Labute approximate surface area is 104 Å². The van der Waals surface area contributed by atoms with Crippen molar-refractivity contribution >= 4 is 39.0 Å². The van der Waals surface area contributed by atoms with Crippen molar-refractivity contribution < 1.29 is 0 Å². The van der Waals surface area contributed by atoms with E-state index in [0.29, 0.717) is 0 Å². The maximum absolute atomic E-state index is 5.75. The summed E-state index contributed by atoms with van der Waals surface area (Å²) in [6.45, 7) is 4.50. The molecular weight excluding hydrogens is 236 g/mol. The zero-order chi connectivity index (χ0) is 11.5. The monoisotopic (exact) mass is 252 g/mol. The molecule has 1 heterocycles. The molecule has 4 heteroatoms. The summed E-state index contributed by atoms with van der Waals surface area (Å²) in [4.78, 5) is 4.59. The molecule has 0 spiro atoms. The second-order valence-corrected chi connectivity index (χ2v) is 6.33. The maximum atomic E-state index is 5.75. The van der Waals surface area contributed by atoms with Crippen LogP contribution in [0.5, 0.6) is 0 Å². The molecule has 2 rings (SSSR count). The van der Waals surface area contributed by atoms with Crippen molar-refractivity contribution in [3.63, 3.8) is 0 Å². The van der Waals surface area contributed by atoms with Gasteiger partial charge in [-0.1, -0.05) is 32.0 Å². The number of hydrogen-bond acceptors (Lipinski definition) is 4. The van der Waals surface area contributed by atoms with Gasteiger partial charge in [-0.3, -0.25) is 0 Å². The average Bonchev–Trinajstić information content (AvgIpc) is 2.67. The molecule has 0 bridgehead atoms. The third kappa shape index (κ3) is 2.68. The number of thioether (sulfide) groups is 1. The third-order valence-corrected chi connectivity index (χ3v) is 5.07. The minimum absolute atomic E-state index is 0.752. The van der Waals surface area contributed by atoms with Crippen molar-refractivity contribution in [1.29, 1.82) is 0 Å². The number of hydrogen-bond donors (Lipinski definition) is 1. The Bertz CT molecular complexity index is 479. The lowest BCUT2D eigenvalue weighted by atomic mass is 10.2. The normalized spacial score (nSPS) is 13.1. The van der Waals surface area contributed by atoms with Crippen LogP contribution in [0.1, 0.15) is 20.3 Å². The summed E-state index contributed by atoms with van der Waals surface area (Å²) in [5.74, 6) is 1.90. The van der Waals surface area contributed by atoms with Gasteiger partial charge in [0.15, 0.2) is 4.34 Å². The molecule has 16 heavy (non-hydrogen) atoms. The van der Waals surface area contributed by atoms with E-state index < -0.39 is 0 Å². The molecular formula is C12H16N2S2. The Kier molecular flexibility index (Phi) is 3.71. The second-order valence-electron chi connectivity index (χ2n) is 4.03. The van der Waals surface area contributed by atoms with E-state index in [1.165, 1.54) is 11.1 Å². The quantitative estimate of drug-likeness (QED) is 0.660. The average molecular weight is 252 g/mol. The molecule has 0 radical (unpaired) electrons. The molecule has 2 aromatic rings. The number of nitrogens with zero attached hydrogens (tertiary/aromatic N) is 1. The Morgan fingerprint density at radius 1 is 1.50 bits per heavy atom. The number of anilines is 1. The van der Waals surface area contributed by atoms with Gasteiger partial charge >= 0.3 is 0 Å². The van der Waals surface area contributed by atoms with Gasteiger partial charge in [0.05, 0.1) is 10.2 Å². The lowest BCUT2D eigenvalue weighted by Gasteiger charge is -2.04. The first-order valence-corrected chi connectivity index (χ1v) is 7.28. The van der Waals surface area contributed by atoms with Crippen LogP contribution in [-0.4, -0.2) is 10.7 Å². The molecule has 0 amide bonds. The van der Waals surface area contributed by atoms with Crippen molar-refractivity contribution in [2.75, 3.05) is 11.5 Å². The number of aromatic nitrogens is 1. The van der Waals surface area contributed by atoms with Crippen molar-refractivity contribution in [3.8, 4) is 0 Å². The van der Waals surface area contributed by atoms with Crippen molar-refractivity contribution in [1.82, 2.24) is 4.98 Å². The van der Waals surface area contributed by atoms with Gasteiger partial charge in [0, 0.05) is 11.4 Å². The fraction of sp³-hybridized carbons (Fsp3) is 0.417. The minimum Gasteiger partial charge on any atom is -0.399 e. The van der Waals surface area contributed by atoms with E-state index in [1.54, 1.807) is 11.3 Å². The van der Waals surface area contributed by atoms with Crippen LogP contribution in [0, 0.1) is 5.92 Å². The van der Waals surface area contributed by atoms with Crippen LogP contribution in [0.15, 0.2) is 22.5 Å². The van der Waals surface area contributed by atoms with Crippen LogP contribution >= 0.6 is 23.1 Å². The van der Waals surface area contributed by atoms with Crippen LogP contribution in [0.3, 0.4) is 0 Å². The predicted molar refractivity (Wildman–Crippen MR) is 74.2 cm³/mol. The Morgan fingerprint density at radius 2 is 2.31 bits per heavy atom. The minimum atomic E-state index is 0.752. The van der Waals surface area contributed by atoms with E-state index in [4.69, 9.17) is 5.73 Å². The largest absolute Gasteiger partial charge is 0.399 e. The van der Waals surface area contributed by atoms with E-state index in [-0.39, 0.29) is 0 Å². The van der Waals surface area contributed by atoms with Gasteiger partial charge in [-0.05, 0) is 24.1 Å². The molecule has 0 aliphatic carbocycles. The van der Waals surface area contributed by atoms with E-state index in [0.717, 1.165) is 27.2 Å². The Morgan fingerprint density at radius 3 is 3.06 bits per heavy atom. The van der Waals surface area contributed by atoms with Crippen LogP contribution < -0.4 is 5.73 Å². The predicted octanol–water partition coefficient (Wildman–Crippen LogP) is 4.02. The topological polar surface area (TPSA) is 38.9 Å². The summed E-state index contributed by atoms with van der Waals surface area (Å²) in [7, 11) is 0. The number of benzene rings is 1. The molecule has 0 saturated carbocycles. The number of nitrogen functional groups attached to an aromatic ring is 1. The summed E-state index contributed by atoms with van der Waals surface area (Å²) in [6, 6.07) is 5.90. The Hall–Kier alpha value is -0.740. The van der Waals surface area contributed by atoms with Crippen LogP contribution in [-0.2, 0) is 0 Å². The number of nitrogens with two attached hydrogens (primary N) is 1. The summed E-state index contributed by atoms with van der Waals surface area (Å²) < 4.78 is 2.34. The number of thiazole rings is 1. The van der Waals surface area contributed by atoms with Crippen molar-refractivity contribution in [3.05, 3.63) is 18.2 Å². The van der Waals surface area contributed by atoms with Gasteiger partial charge in [-0.2, -0.15) is 0 Å². The zero-order valence-electron chi connectivity index (χ0n) is 9.56. The smallest absolute Gasteiger partial charge is 0.151 e. The third-order valence-electron chi connectivity index (χ3n) is 2.58. The highest BCUT2D eigenvalue weighted by molar-refractivity contribution is 8.01.